The molecule has 0 saturated heterocycles. The topological polar surface area (TPSA) is 70.2 Å². The number of urea groups is 1. The van der Waals surface area contributed by atoms with Gasteiger partial charge in [-0.2, -0.15) is 0 Å². The maximum atomic E-state index is 11.8. The number of carbonyl (C=O) groups excluding carboxylic acids is 2. The van der Waals surface area contributed by atoms with Crippen molar-refractivity contribution in [3.05, 3.63) is 59.7 Å². The molecule has 3 N–H and O–H groups in total. The van der Waals surface area contributed by atoms with E-state index < -0.39 is 0 Å². The van der Waals surface area contributed by atoms with Crippen LogP contribution >= 0.6 is 0 Å². The van der Waals surface area contributed by atoms with Crippen LogP contribution < -0.4 is 16.0 Å². The normalized spacial score (nSPS) is 13.0. The fourth-order valence-corrected chi connectivity index (χ4v) is 2.43. The lowest BCUT2D eigenvalue weighted by Crippen LogP contribution is -2.28. The van der Waals surface area contributed by atoms with E-state index >= 15 is 0 Å². The molecule has 0 fully saturated rings. The predicted molar refractivity (Wildman–Crippen MR) is 85.7 cm³/mol. The fraction of sp³-hybridized carbons (Fsp3) is 0.176. The van der Waals surface area contributed by atoms with Gasteiger partial charge in [0.25, 0.3) is 0 Å². The molecule has 1 aliphatic rings. The molecule has 3 rings (SSSR count). The van der Waals surface area contributed by atoms with Gasteiger partial charge in [0.15, 0.2) is 0 Å². The van der Waals surface area contributed by atoms with Crippen molar-refractivity contribution in [3.63, 3.8) is 0 Å². The third kappa shape index (κ3) is 3.44. The lowest BCUT2D eigenvalue weighted by atomic mass is 10.0. The zero-order valence-corrected chi connectivity index (χ0v) is 12.1. The summed E-state index contributed by atoms with van der Waals surface area (Å²) < 4.78 is 0. The van der Waals surface area contributed by atoms with Crippen LogP contribution in [-0.4, -0.2) is 11.9 Å². The maximum absolute atomic E-state index is 11.8. The van der Waals surface area contributed by atoms with Gasteiger partial charge in [0, 0.05) is 24.3 Å². The van der Waals surface area contributed by atoms with Gasteiger partial charge in [-0.3, -0.25) is 4.79 Å². The van der Waals surface area contributed by atoms with Gasteiger partial charge in [-0.1, -0.05) is 30.3 Å². The average molecular weight is 295 g/mol. The minimum Gasteiger partial charge on any atom is -0.334 e. The third-order valence-corrected chi connectivity index (χ3v) is 3.55. The largest absolute Gasteiger partial charge is 0.334 e. The Morgan fingerprint density at radius 2 is 1.91 bits per heavy atom. The first kappa shape index (κ1) is 14.1. The number of anilines is 2. The number of benzene rings is 2. The van der Waals surface area contributed by atoms with Gasteiger partial charge < -0.3 is 16.0 Å². The van der Waals surface area contributed by atoms with Gasteiger partial charge in [-0.15, -0.1) is 0 Å². The highest BCUT2D eigenvalue weighted by molar-refractivity contribution is 5.94. The molecule has 5 heteroatoms. The van der Waals surface area contributed by atoms with Gasteiger partial charge in [-0.05, 0) is 35.7 Å². The summed E-state index contributed by atoms with van der Waals surface area (Å²) in [5.41, 5.74) is 3.75. The van der Waals surface area contributed by atoms with Crippen molar-refractivity contribution in [2.75, 3.05) is 10.6 Å². The van der Waals surface area contributed by atoms with Gasteiger partial charge in [0.2, 0.25) is 5.91 Å². The number of nitrogens with one attached hydrogen (secondary N) is 3. The molecule has 0 radical (unpaired) electrons. The molecule has 5 nitrogen and oxygen atoms in total. The summed E-state index contributed by atoms with van der Waals surface area (Å²) in [6.07, 6.45) is 1.25. The molecule has 2 aromatic carbocycles. The molecule has 22 heavy (non-hydrogen) atoms. The maximum Gasteiger partial charge on any atom is 0.319 e. The summed E-state index contributed by atoms with van der Waals surface area (Å²) >= 11 is 0. The van der Waals surface area contributed by atoms with Gasteiger partial charge in [-0.25, -0.2) is 4.79 Å². The SMILES string of the molecule is O=C1CCc2cc(CNC(=O)Nc3ccccc3)ccc2N1. The quantitative estimate of drug-likeness (QED) is 0.815. The molecular weight excluding hydrogens is 278 g/mol. The van der Waals surface area contributed by atoms with Crippen molar-refractivity contribution in [1.29, 1.82) is 0 Å². The molecule has 3 amide bonds. The van der Waals surface area contributed by atoms with E-state index in [4.69, 9.17) is 0 Å². The van der Waals surface area contributed by atoms with Crippen molar-refractivity contribution >= 4 is 23.3 Å². The van der Waals surface area contributed by atoms with Crippen LogP contribution in [0.5, 0.6) is 0 Å². The van der Waals surface area contributed by atoms with Crippen molar-refractivity contribution in [1.82, 2.24) is 5.32 Å². The number of hydrogen-bond donors (Lipinski definition) is 3. The van der Waals surface area contributed by atoms with Crippen LogP contribution in [0.2, 0.25) is 0 Å². The fourth-order valence-electron chi connectivity index (χ4n) is 2.43. The van der Waals surface area contributed by atoms with Crippen LogP contribution in [0.15, 0.2) is 48.5 Å². The van der Waals surface area contributed by atoms with E-state index in [2.05, 4.69) is 16.0 Å². The van der Waals surface area contributed by atoms with E-state index in [0.717, 1.165) is 28.9 Å². The number of aryl methyl sites for hydroxylation is 1. The Bertz CT molecular complexity index is 698. The minimum absolute atomic E-state index is 0.0561. The molecule has 0 unspecified atom stereocenters. The Hall–Kier alpha value is -2.82. The summed E-state index contributed by atoms with van der Waals surface area (Å²) in [6, 6.07) is 14.9. The lowest BCUT2D eigenvalue weighted by molar-refractivity contribution is -0.116. The number of rotatable bonds is 3. The Morgan fingerprint density at radius 3 is 2.73 bits per heavy atom. The number of fused-ring (bicyclic) bond motifs is 1. The summed E-state index contributed by atoms with van der Waals surface area (Å²) in [4.78, 5) is 23.2. The highest BCUT2D eigenvalue weighted by atomic mass is 16.2. The standard InChI is InChI=1S/C17H17N3O2/c21-16-9-7-13-10-12(6-8-15(13)20-16)11-18-17(22)19-14-4-2-1-3-5-14/h1-6,8,10H,7,9,11H2,(H,20,21)(H2,18,19,22). The van der Waals surface area contributed by atoms with E-state index in [9.17, 15) is 9.59 Å². The number of carbonyl (C=O) groups is 2. The van der Waals surface area contributed by atoms with E-state index in [1.54, 1.807) is 0 Å². The van der Waals surface area contributed by atoms with Gasteiger partial charge in [0.05, 0.1) is 0 Å². The summed E-state index contributed by atoms with van der Waals surface area (Å²) in [5.74, 6) is 0.0561. The summed E-state index contributed by atoms with van der Waals surface area (Å²) in [5, 5.41) is 8.44. The molecule has 0 saturated carbocycles. The molecule has 112 valence electrons. The molecule has 0 bridgehead atoms. The Labute approximate surface area is 128 Å². The molecule has 1 aliphatic heterocycles. The predicted octanol–water partition coefficient (Wildman–Crippen LogP) is 2.89. The van der Waals surface area contributed by atoms with Gasteiger partial charge in [0.1, 0.15) is 0 Å². The highest BCUT2D eigenvalue weighted by Crippen LogP contribution is 2.23. The van der Waals surface area contributed by atoms with Crippen LogP contribution in [0.3, 0.4) is 0 Å². The van der Waals surface area contributed by atoms with Crippen LogP contribution in [0.4, 0.5) is 16.2 Å². The van der Waals surface area contributed by atoms with Crippen LogP contribution in [0.1, 0.15) is 17.5 Å². The van der Waals surface area contributed by atoms with Crippen molar-refractivity contribution in [2.45, 2.75) is 19.4 Å². The minimum atomic E-state index is -0.239. The second-order valence-electron chi connectivity index (χ2n) is 5.21. The Balaban J connectivity index is 1.57. The zero-order valence-electron chi connectivity index (χ0n) is 12.1. The molecule has 0 aliphatic carbocycles. The van der Waals surface area contributed by atoms with Crippen LogP contribution in [0.25, 0.3) is 0 Å². The first-order valence-corrected chi connectivity index (χ1v) is 7.22. The van der Waals surface area contributed by atoms with Crippen molar-refractivity contribution < 1.29 is 9.59 Å². The third-order valence-electron chi connectivity index (χ3n) is 3.55. The number of para-hydroxylation sites is 1. The second-order valence-corrected chi connectivity index (χ2v) is 5.21. The van der Waals surface area contributed by atoms with Gasteiger partial charge >= 0.3 is 6.03 Å². The number of hydrogen-bond acceptors (Lipinski definition) is 2. The average Bonchev–Trinajstić information content (AvgIpc) is 2.54. The molecule has 2 aromatic rings. The first-order valence-electron chi connectivity index (χ1n) is 7.22. The zero-order chi connectivity index (χ0) is 15.4. The monoisotopic (exact) mass is 295 g/mol. The van der Waals surface area contributed by atoms with E-state index in [1.807, 2.05) is 48.5 Å². The number of amides is 3. The smallest absolute Gasteiger partial charge is 0.319 e. The Kier molecular flexibility index (Phi) is 4.05. The molecule has 0 atom stereocenters. The molecular formula is C17H17N3O2. The lowest BCUT2D eigenvalue weighted by Gasteiger charge is -2.17. The van der Waals surface area contributed by atoms with E-state index in [1.165, 1.54) is 0 Å². The Morgan fingerprint density at radius 1 is 1.09 bits per heavy atom. The molecule has 1 heterocycles. The van der Waals surface area contributed by atoms with E-state index in [0.29, 0.717) is 13.0 Å². The molecule has 0 spiro atoms. The van der Waals surface area contributed by atoms with Crippen molar-refractivity contribution in [2.24, 2.45) is 0 Å². The summed E-state index contributed by atoms with van der Waals surface area (Å²) in [6.45, 7) is 0.444. The summed E-state index contributed by atoms with van der Waals surface area (Å²) in [7, 11) is 0. The second kappa shape index (κ2) is 6.30. The first-order chi connectivity index (χ1) is 10.7. The molecule has 0 aromatic heterocycles. The van der Waals surface area contributed by atoms with Crippen LogP contribution in [-0.2, 0) is 17.8 Å². The van der Waals surface area contributed by atoms with Crippen LogP contribution in [0, 0.1) is 0 Å². The van der Waals surface area contributed by atoms with E-state index in [-0.39, 0.29) is 11.9 Å². The highest BCUT2D eigenvalue weighted by Gasteiger charge is 2.14. The van der Waals surface area contributed by atoms with Crippen molar-refractivity contribution in [3.8, 4) is 0 Å².